The molecule has 0 bridgehead atoms. The number of hydrogen-bond donors (Lipinski definition) is 1. The molecule has 0 saturated heterocycles. The lowest BCUT2D eigenvalue weighted by atomic mass is 10.0. The van der Waals surface area contributed by atoms with Crippen LogP contribution < -0.4 is 10.2 Å². The largest absolute Gasteiger partial charge is 0.377 e. The first-order chi connectivity index (χ1) is 18.3. The van der Waals surface area contributed by atoms with Crippen LogP contribution in [0.3, 0.4) is 0 Å². The summed E-state index contributed by atoms with van der Waals surface area (Å²) in [5.74, 6) is -0.483. The molecule has 0 heterocycles. The van der Waals surface area contributed by atoms with Gasteiger partial charge in [0.25, 0.3) is 11.8 Å². The minimum atomic E-state index is -0.305. The van der Waals surface area contributed by atoms with Crippen LogP contribution in [0.4, 0.5) is 11.4 Å². The highest BCUT2D eigenvalue weighted by Crippen LogP contribution is 2.31. The monoisotopic (exact) mass is 545 g/mol. The summed E-state index contributed by atoms with van der Waals surface area (Å²) < 4.78 is 0. The van der Waals surface area contributed by atoms with Crippen molar-refractivity contribution in [2.75, 3.05) is 24.3 Å². The van der Waals surface area contributed by atoms with Gasteiger partial charge in [0.05, 0.1) is 27.2 Å². The molecule has 2 amide bonds. The van der Waals surface area contributed by atoms with Gasteiger partial charge in [0, 0.05) is 32.0 Å². The molecule has 4 aromatic rings. The van der Waals surface area contributed by atoms with E-state index < -0.39 is 0 Å². The van der Waals surface area contributed by atoms with Gasteiger partial charge in [0.1, 0.15) is 0 Å². The molecular formula is C31H29Cl2N3O2. The minimum Gasteiger partial charge on any atom is -0.377 e. The smallest absolute Gasteiger partial charge is 0.257 e. The summed E-state index contributed by atoms with van der Waals surface area (Å²) in [6.07, 6.45) is 0. The van der Waals surface area contributed by atoms with E-state index in [0.717, 1.165) is 16.8 Å². The van der Waals surface area contributed by atoms with Crippen molar-refractivity contribution in [1.29, 1.82) is 0 Å². The molecule has 4 aromatic carbocycles. The SMILES string of the molecule is CC(c1ccccc1)N(Cc1cc(NC(=O)c2ccccc2Cl)ccc1N(C)C)C(=O)c1ccccc1Cl. The van der Waals surface area contributed by atoms with Crippen LogP contribution in [0.1, 0.15) is 44.8 Å². The van der Waals surface area contributed by atoms with Gasteiger partial charge in [-0.25, -0.2) is 0 Å². The first-order valence-electron chi connectivity index (χ1n) is 12.2. The number of hydrogen-bond acceptors (Lipinski definition) is 3. The lowest BCUT2D eigenvalue weighted by molar-refractivity contribution is 0.0674. The zero-order chi connectivity index (χ0) is 27.2. The zero-order valence-corrected chi connectivity index (χ0v) is 23.0. The topological polar surface area (TPSA) is 52.7 Å². The summed E-state index contributed by atoms with van der Waals surface area (Å²) in [6, 6.07) is 29.3. The number of carbonyl (C=O) groups excluding carboxylic acids is 2. The number of carbonyl (C=O) groups is 2. The molecule has 0 aliphatic carbocycles. The van der Waals surface area contributed by atoms with Crippen LogP contribution in [0.2, 0.25) is 10.0 Å². The third kappa shape index (κ3) is 6.18. The van der Waals surface area contributed by atoms with Crippen molar-refractivity contribution in [3.63, 3.8) is 0 Å². The quantitative estimate of drug-likeness (QED) is 0.246. The van der Waals surface area contributed by atoms with E-state index in [1.165, 1.54) is 0 Å². The van der Waals surface area contributed by atoms with Crippen molar-refractivity contribution >= 4 is 46.4 Å². The molecule has 1 atom stereocenters. The Morgan fingerprint density at radius 1 is 0.789 bits per heavy atom. The summed E-state index contributed by atoms with van der Waals surface area (Å²) in [7, 11) is 3.89. The summed E-state index contributed by atoms with van der Waals surface area (Å²) in [5, 5.41) is 3.72. The molecule has 0 spiro atoms. The third-order valence-electron chi connectivity index (χ3n) is 6.39. The summed E-state index contributed by atoms with van der Waals surface area (Å²) in [6.45, 7) is 2.30. The minimum absolute atomic E-state index is 0.179. The second kappa shape index (κ2) is 12.2. The van der Waals surface area contributed by atoms with Gasteiger partial charge in [0.15, 0.2) is 0 Å². The zero-order valence-electron chi connectivity index (χ0n) is 21.5. The van der Waals surface area contributed by atoms with E-state index in [4.69, 9.17) is 23.2 Å². The Hall–Kier alpha value is -3.80. The fraction of sp³-hybridized carbons (Fsp3) is 0.161. The first-order valence-corrected chi connectivity index (χ1v) is 13.0. The standard InChI is InChI=1S/C31H29Cl2N3O2/c1-21(22-11-5-4-6-12-22)36(31(38)26-14-8-10-16-28(26)33)20-23-19-24(17-18-29(23)35(2)3)34-30(37)25-13-7-9-15-27(25)32/h4-19,21H,20H2,1-3H3,(H,34,37). The molecular weight excluding hydrogens is 517 g/mol. The van der Waals surface area contributed by atoms with Gasteiger partial charge in [-0.15, -0.1) is 0 Å². The normalized spacial score (nSPS) is 11.5. The molecule has 0 fully saturated rings. The van der Waals surface area contributed by atoms with E-state index in [2.05, 4.69) is 5.32 Å². The van der Waals surface area contributed by atoms with Crippen LogP contribution in [-0.4, -0.2) is 30.8 Å². The molecule has 0 radical (unpaired) electrons. The Morgan fingerprint density at radius 3 is 1.97 bits per heavy atom. The molecule has 0 aliphatic rings. The molecule has 0 saturated carbocycles. The number of nitrogens with one attached hydrogen (secondary N) is 1. The Balaban J connectivity index is 1.72. The van der Waals surface area contributed by atoms with Gasteiger partial charge in [-0.3, -0.25) is 9.59 Å². The second-order valence-corrected chi connectivity index (χ2v) is 9.99. The van der Waals surface area contributed by atoms with Crippen molar-refractivity contribution in [3.8, 4) is 0 Å². The number of nitrogens with zero attached hydrogens (tertiary/aromatic N) is 2. The summed E-state index contributed by atoms with van der Waals surface area (Å²) >= 11 is 12.7. The Kier molecular flexibility index (Phi) is 8.72. The van der Waals surface area contributed by atoms with Crippen LogP contribution in [0.5, 0.6) is 0 Å². The lowest BCUT2D eigenvalue weighted by Crippen LogP contribution is -2.34. The predicted molar refractivity (Wildman–Crippen MR) is 156 cm³/mol. The Bertz CT molecular complexity index is 1440. The van der Waals surface area contributed by atoms with Gasteiger partial charge < -0.3 is 15.1 Å². The van der Waals surface area contributed by atoms with Crippen LogP contribution in [-0.2, 0) is 6.54 Å². The fourth-order valence-electron chi connectivity index (χ4n) is 4.34. The van der Waals surface area contributed by atoms with Crippen molar-refractivity contribution in [2.24, 2.45) is 0 Å². The van der Waals surface area contributed by atoms with E-state index in [1.807, 2.05) is 74.4 Å². The van der Waals surface area contributed by atoms with E-state index >= 15 is 0 Å². The van der Waals surface area contributed by atoms with E-state index in [1.54, 1.807) is 53.4 Å². The molecule has 1 N–H and O–H groups in total. The third-order valence-corrected chi connectivity index (χ3v) is 7.05. The van der Waals surface area contributed by atoms with Crippen LogP contribution in [0.15, 0.2) is 97.1 Å². The molecule has 194 valence electrons. The van der Waals surface area contributed by atoms with Crippen LogP contribution in [0.25, 0.3) is 0 Å². The van der Waals surface area contributed by atoms with Gasteiger partial charge in [-0.05, 0) is 60.5 Å². The summed E-state index contributed by atoms with van der Waals surface area (Å²) in [4.78, 5) is 30.6. The maximum atomic E-state index is 13.9. The number of benzene rings is 4. The Labute approximate surface area is 233 Å². The molecule has 7 heteroatoms. The van der Waals surface area contributed by atoms with Gasteiger partial charge >= 0.3 is 0 Å². The van der Waals surface area contributed by atoms with Crippen molar-refractivity contribution in [2.45, 2.75) is 19.5 Å². The highest BCUT2D eigenvalue weighted by atomic mass is 35.5. The van der Waals surface area contributed by atoms with Crippen LogP contribution in [0, 0.1) is 0 Å². The molecule has 0 aromatic heterocycles. The average molecular weight is 546 g/mol. The summed E-state index contributed by atoms with van der Waals surface area (Å²) in [5.41, 5.74) is 4.23. The number of halogens is 2. The number of rotatable bonds is 8. The molecule has 0 aliphatic heterocycles. The molecule has 4 rings (SSSR count). The predicted octanol–water partition coefficient (Wildman–Crippen LogP) is 7.72. The van der Waals surface area contributed by atoms with E-state index in [0.29, 0.717) is 33.4 Å². The molecule has 38 heavy (non-hydrogen) atoms. The maximum Gasteiger partial charge on any atom is 0.257 e. The van der Waals surface area contributed by atoms with Gasteiger partial charge in [-0.1, -0.05) is 77.8 Å². The molecule has 5 nitrogen and oxygen atoms in total. The number of anilines is 2. The Morgan fingerprint density at radius 2 is 1.37 bits per heavy atom. The van der Waals surface area contributed by atoms with Crippen molar-refractivity contribution in [1.82, 2.24) is 4.90 Å². The van der Waals surface area contributed by atoms with Crippen molar-refractivity contribution < 1.29 is 9.59 Å². The van der Waals surface area contributed by atoms with Gasteiger partial charge in [0.2, 0.25) is 0 Å². The van der Waals surface area contributed by atoms with E-state index in [9.17, 15) is 9.59 Å². The van der Waals surface area contributed by atoms with Gasteiger partial charge in [-0.2, -0.15) is 0 Å². The highest BCUT2D eigenvalue weighted by Gasteiger charge is 2.26. The van der Waals surface area contributed by atoms with Crippen LogP contribution >= 0.6 is 23.2 Å². The molecule has 1 unspecified atom stereocenters. The maximum absolute atomic E-state index is 13.9. The number of amides is 2. The first kappa shape index (κ1) is 27.2. The van der Waals surface area contributed by atoms with E-state index in [-0.39, 0.29) is 17.9 Å². The van der Waals surface area contributed by atoms with Crippen molar-refractivity contribution in [3.05, 3.63) is 129 Å². The lowest BCUT2D eigenvalue weighted by Gasteiger charge is -2.32. The second-order valence-electron chi connectivity index (χ2n) is 9.17. The fourth-order valence-corrected chi connectivity index (χ4v) is 4.78. The average Bonchev–Trinajstić information content (AvgIpc) is 2.92. The highest BCUT2D eigenvalue weighted by molar-refractivity contribution is 6.34.